The minimum atomic E-state index is -1.80. The van der Waals surface area contributed by atoms with E-state index >= 15 is 0 Å². The smallest absolute Gasteiger partial charge is 0.190 e. The van der Waals surface area contributed by atoms with Gasteiger partial charge in [-0.05, 0) is 17.7 Å². The Morgan fingerprint density at radius 2 is 1.70 bits per heavy atom. The molecule has 3 aromatic rings. The van der Waals surface area contributed by atoms with Crippen LogP contribution in [-0.2, 0) is 0 Å². The summed E-state index contributed by atoms with van der Waals surface area (Å²) in [5.41, 5.74) is 3.75. The van der Waals surface area contributed by atoms with Crippen LogP contribution in [0.15, 0.2) is 76.6 Å². The van der Waals surface area contributed by atoms with Gasteiger partial charge in [-0.3, -0.25) is 9.79 Å². The molecule has 23 heavy (non-hydrogen) atoms. The van der Waals surface area contributed by atoms with Gasteiger partial charge in [0.2, 0.25) is 0 Å². The van der Waals surface area contributed by atoms with Gasteiger partial charge in [0.1, 0.15) is 0 Å². The van der Waals surface area contributed by atoms with Crippen LogP contribution in [-0.4, -0.2) is 23.0 Å². The van der Waals surface area contributed by atoms with Gasteiger partial charge in [0, 0.05) is 26.8 Å². The monoisotopic (exact) mass is 319 g/mol. The molecule has 0 saturated carbocycles. The summed E-state index contributed by atoms with van der Waals surface area (Å²) in [5.74, 6) is 0.0777. The number of fused-ring (bicyclic) bond motifs is 3. The second-order valence-corrected chi connectivity index (χ2v) is 9.17. The molecule has 0 unspecified atom stereocenters. The number of carbonyl (C=O) groups is 1. The minimum Gasteiger partial charge on any atom is -0.289 e. The van der Waals surface area contributed by atoms with Gasteiger partial charge < -0.3 is 0 Å². The maximum Gasteiger partial charge on any atom is 0.190 e. The van der Waals surface area contributed by atoms with Crippen LogP contribution in [0.25, 0.3) is 10.8 Å². The number of thiol groups is 1. The zero-order valence-electron chi connectivity index (χ0n) is 12.8. The largest absolute Gasteiger partial charge is 0.289 e. The molecule has 1 aliphatic heterocycles. The van der Waals surface area contributed by atoms with Gasteiger partial charge in [-0.1, -0.05) is 60.7 Å². The molecule has 0 amide bonds. The molecular weight excluding hydrogens is 302 g/mol. The fraction of sp³-hybridized carbons (Fsp3) is 0.0500. The molecule has 3 aromatic carbocycles. The third-order valence-corrected chi connectivity index (χ3v) is 7.03. The van der Waals surface area contributed by atoms with E-state index in [4.69, 9.17) is 0 Å². The first-order valence-electron chi connectivity index (χ1n) is 7.56. The maximum absolute atomic E-state index is 12.6. The number of hydrogen-bond acceptors (Lipinski definition) is 2. The van der Waals surface area contributed by atoms with Gasteiger partial charge in [0.05, 0.1) is 5.69 Å². The first-order chi connectivity index (χ1) is 11.2. The summed E-state index contributed by atoms with van der Waals surface area (Å²) in [4.78, 5) is 18.5. The van der Waals surface area contributed by atoms with Crippen LogP contribution in [0.3, 0.4) is 0 Å². The van der Waals surface area contributed by atoms with Crippen molar-refractivity contribution in [3.63, 3.8) is 0 Å². The summed E-state index contributed by atoms with van der Waals surface area (Å²) in [7, 11) is -1.80. The van der Waals surface area contributed by atoms with Crippen molar-refractivity contribution in [1.29, 1.82) is 0 Å². The number of Topliss-reactive ketones (excluding diaryl/α,β-unsaturated/α-hetero) is 1. The molecule has 0 atom stereocenters. The van der Waals surface area contributed by atoms with E-state index in [0.29, 0.717) is 0 Å². The van der Waals surface area contributed by atoms with E-state index in [1.807, 2.05) is 53.4 Å². The molecule has 0 saturated heterocycles. The van der Waals surface area contributed by atoms with Crippen molar-refractivity contribution < 1.29 is 4.79 Å². The molecule has 3 heteroatoms. The van der Waals surface area contributed by atoms with Crippen LogP contribution < -0.4 is 0 Å². The Labute approximate surface area is 136 Å². The van der Waals surface area contributed by atoms with E-state index in [1.54, 1.807) is 0 Å². The van der Waals surface area contributed by atoms with E-state index < -0.39 is 9.62 Å². The lowest BCUT2D eigenvalue weighted by Gasteiger charge is -2.18. The van der Waals surface area contributed by atoms with E-state index in [1.165, 1.54) is 10.3 Å². The normalized spacial score (nSPS) is 16.0. The highest BCUT2D eigenvalue weighted by Crippen LogP contribution is 2.52. The van der Waals surface area contributed by atoms with Gasteiger partial charge in [0.25, 0.3) is 0 Å². The molecule has 1 heterocycles. The Morgan fingerprint density at radius 3 is 2.52 bits per heavy atom. The average molecular weight is 319 g/mol. The van der Waals surface area contributed by atoms with Gasteiger partial charge in [0.15, 0.2) is 5.78 Å². The number of nitrogens with zero attached hydrogens (tertiary/aromatic N) is 1. The molecule has 4 rings (SSSR count). The van der Waals surface area contributed by atoms with Crippen molar-refractivity contribution in [1.82, 2.24) is 0 Å². The molecule has 0 aliphatic carbocycles. The summed E-state index contributed by atoms with van der Waals surface area (Å²) in [6.45, 7) is 0. The Morgan fingerprint density at radius 1 is 0.957 bits per heavy atom. The molecular formula is C20H17NOS. The van der Waals surface area contributed by atoms with Crippen molar-refractivity contribution in [3.05, 3.63) is 72.3 Å². The SMILES string of the molecule is C[SH]1(=CC(=O)c2ccccc2)C=Nc2c1ccc1ccccc21. The highest BCUT2D eigenvalue weighted by atomic mass is 32.2. The molecule has 0 N–H and O–H groups in total. The van der Waals surface area contributed by atoms with Crippen molar-refractivity contribution in [2.24, 2.45) is 4.99 Å². The third kappa shape index (κ3) is 2.34. The number of benzene rings is 3. The zero-order chi connectivity index (χ0) is 15.9. The lowest BCUT2D eigenvalue weighted by molar-refractivity contribution is 0.107. The van der Waals surface area contributed by atoms with Crippen LogP contribution in [0.4, 0.5) is 5.69 Å². The van der Waals surface area contributed by atoms with Crippen molar-refractivity contribution in [2.75, 3.05) is 6.26 Å². The average Bonchev–Trinajstić information content (AvgIpc) is 2.93. The Kier molecular flexibility index (Phi) is 3.24. The molecule has 0 aromatic heterocycles. The zero-order valence-corrected chi connectivity index (χ0v) is 13.7. The van der Waals surface area contributed by atoms with E-state index in [-0.39, 0.29) is 5.78 Å². The molecule has 0 radical (unpaired) electrons. The molecule has 0 bridgehead atoms. The summed E-state index contributed by atoms with van der Waals surface area (Å²) < 4.78 is 0. The predicted octanol–water partition coefficient (Wildman–Crippen LogP) is 4.72. The predicted molar refractivity (Wildman–Crippen MR) is 102 cm³/mol. The lowest BCUT2D eigenvalue weighted by Crippen LogP contribution is -2.04. The van der Waals surface area contributed by atoms with Crippen molar-refractivity contribution in [3.8, 4) is 0 Å². The van der Waals surface area contributed by atoms with Gasteiger partial charge >= 0.3 is 0 Å². The second kappa shape index (κ2) is 5.28. The van der Waals surface area contributed by atoms with Crippen LogP contribution in [0.1, 0.15) is 10.4 Å². The topological polar surface area (TPSA) is 29.4 Å². The number of rotatable bonds is 2. The first-order valence-corrected chi connectivity index (χ1v) is 9.93. The summed E-state index contributed by atoms with van der Waals surface area (Å²) in [5, 5.41) is 4.23. The summed E-state index contributed by atoms with van der Waals surface area (Å²) >= 11 is 0. The van der Waals surface area contributed by atoms with E-state index in [9.17, 15) is 4.79 Å². The minimum absolute atomic E-state index is 0.0777. The van der Waals surface area contributed by atoms with E-state index in [0.717, 1.165) is 16.6 Å². The third-order valence-electron chi connectivity index (χ3n) is 4.27. The Hall–Kier alpha value is -2.52. The van der Waals surface area contributed by atoms with Crippen LogP contribution in [0.2, 0.25) is 0 Å². The number of carbonyl (C=O) groups excluding carboxylic acids is 1. The molecule has 1 aliphatic rings. The summed E-state index contributed by atoms with van der Waals surface area (Å²) in [6.07, 6.45) is 2.15. The molecule has 114 valence electrons. The van der Waals surface area contributed by atoms with Crippen LogP contribution >= 0.6 is 9.62 Å². The van der Waals surface area contributed by atoms with E-state index in [2.05, 4.69) is 35.5 Å². The fourth-order valence-electron chi connectivity index (χ4n) is 3.03. The summed E-state index contributed by atoms with van der Waals surface area (Å²) in [6, 6.07) is 22.0. The highest BCUT2D eigenvalue weighted by Gasteiger charge is 2.21. The molecule has 0 fully saturated rings. The van der Waals surface area contributed by atoms with Crippen LogP contribution in [0, 0.1) is 0 Å². The quantitative estimate of drug-likeness (QED) is 0.413. The Bertz CT molecular complexity index is 1000. The molecule has 0 spiro atoms. The van der Waals surface area contributed by atoms with Crippen LogP contribution in [0.5, 0.6) is 0 Å². The van der Waals surface area contributed by atoms with Crippen molar-refractivity contribution >= 4 is 42.8 Å². The number of aliphatic imine (C=N–C) groups is 1. The maximum atomic E-state index is 12.6. The second-order valence-electron chi connectivity index (χ2n) is 5.91. The van der Waals surface area contributed by atoms with Gasteiger partial charge in [-0.2, -0.15) is 9.62 Å². The molecule has 2 nitrogen and oxygen atoms in total. The standard InChI is InChI=1S/C20H17NOS/c1-23(13-18(22)16-8-3-2-4-9-16)14-21-20-17-10-6-5-7-15(17)11-12-19(20)23/h2-14,23H,1H3. The van der Waals surface area contributed by atoms with Gasteiger partial charge in [-0.25, -0.2) is 0 Å². The number of ketones is 1. The highest BCUT2D eigenvalue weighted by molar-refractivity contribution is 8.42. The number of hydrogen-bond donors (Lipinski definition) is 1. The fourth-order valence-corrected chi connectivity index (χ4v) is 5.38. The Balaban J connectivity index is 1.87. The van der Waals surface area contributed by atoms with Crippen molar-refractivity contribution in [2.45, 2.75) is 4.90 Å². The lowest BCUT2D eigenvalue weighted by atomic mass is 10.1. The first kappa shape index (κ1) is 14.1. The van der Waals surface area contributed by atoms with Gasteiger partial charge in [-0.15, -0.1) is 0 Å².